The maximum Gasteiger partial charge on any atom is 0.280 e. The summed E-state index contributed by atoms with van der Waals surface area (Å²) in [6.45, 7) is 0.944. The molecule has 1 saturated heterocycles. The smallest absolute Gasteiger partial charge is 0.280 e. The first-order chi connectivity index (χ1) is 10.1. The van der Waals surface area contributed by atoms with Crippen LogP contribution in [-0.2, 0) is 6.42 Å². The van der Waals surface area contributed by atoms with Gasteiger partial charge in [0, 0.05) is 18.0 Å². The normalized spacial score (nSPS) is 23.3. The molecule has 0 radical (unpaired) electrons. The van der Waals surface area contributed by atoms with Crippen molar-refractivity contribution >= 4 is 0 Å². The van der Waals surface area contributed by atoms with Gasteiger partial charge in [-0.25, -0.2) is 4.39 Å². The number of likely N-dealkylation sites (N-methyl/N-ethyl adjacent to an activating group) is 1. The van der Waals surface area contributed by atoms with Gasteiger partial charge in [-0.15, -0.1) is 0 Å². The number of hydrogen-bond donors (Lipinski definition) is 1. The second-order valence-electron chi connectivity index (χ2n) is 5.80. The van der Waals surface area contributed by atoms with Crippen molar-refractivity contribution in [2.24, 2.45) is 0 Å². The van der Waals surface area contributed by atoms with Crippen LogP contribution in [0.15, 0.2) is 39.6 Å². The molecule has 5 heteroatoms. The molecule has 1 aliphatic heterocycles. The van der Waals surface area contributed by atoms with Gasteiger partial charge in [-0.05, 0) is 50.6 Å². The molecule has 0 saturated carbocycles. The number of aromatic nitrogens is 1. The molecule has 21 heavy (non-hydrogen) atoms. The number of hydrogen-bond acceptors (Lipinski definition) is 3. The highest BCUT2D eigenvalue weighted by molar-refractivity contribution is 5.18. The van der Waals surface area contributed by atoms with E-state index in [1.807, 2.05) is 6.07 Å². The number of rotatable bonds is 3. The van der Waals surface area contributed by atoms with E-state index in [2.05, 4.69) is 17.1 Å². The van der Waals surface area contributed by atoms with Gasteiger partial charge in [0.1, 0.15) is 11.6 Å². The molecule has 1 aliphatic rings. The molecule has 0 amide bonds. The molecule has 1 N–H and O–H groups in total. The van der Waals surface area contributed by atoms with Gasteiger partial charge < -0.3 is 9.42 Å². The fraction of sp³-hybridized carbons (Fsp3) is 0.438. The van der Waals surface area contributed by atoms with Crippen LogP contribution in [0.1, 0.15) is 30.1 Å². The summed E-state index contributed by atoms with van der Waals surface area (Å²) in [6, 6.07) is 8.62. The molecule has 2 heterocycles. The molecule has 0 bridgehead atoms. The van der Waals surface area contributed by atoms with Crippen LogP contribution < -0.4 is 5.56 Å². The Labute approximate surface area is 122 Å². The van der Waals surface area contributed by atoms with Crippen LogP contribution in [0.2, 0.25) is 0 Å². The van der Waals surface area contributed by atoms with E-state index < -0.39 is 0 Å². The lowest BCUT2D eigenvalue weighted by Crippen LogP contribution is -2.40. The van der Waals surface area contributed by atoms with Crippen molar-refractivity contribution in [3.8, 4) is 0 Å². The monoisotopic (exact) mass is 290 g/mol. The van der Waals surface area contributed by atoms with Gasteiger partial charge in [-0.1, -0.05) is 12.1 Å². The van der Waals surface area contributed by atoms with Crippen LogP contribution in [0.25, 0.3) is 0 Å². The fourth-order valence-corrected chi connectivity index (χ4v) is 3.10. The Balaban J connectivity index is 1.73. The zero-order chi connectivity index (χ0) is 14.8. The van der Waals surface area contributed by atoms with Gasteiger partial charge in [-0.2, -0.15) is 5.16 Å². The standard InChI is InChI=1S/C16H19FN2O2/c1-19-6-5-12(15-10-16(20)18-21-15)9-14(19)8-11-3-2-4-13(17)7-11/h2-4,7,10,12,14H,5-6,8-9H2,1H3,(H,18,20)/t12-,14+/m0/s1. The summed E-state index contributed by atoms with van der Waals surface area (Å²) in [7, 11) is 2.09. The van der Waals surface area contributed by atoms with Crippen molar-refractivity contribution in [2.75, 3.05) is 13.6 Å². The highest BCUT2D eigenvalue weighted by atomic mass is 19.1. The summed E-state index contributed by atoms with van der Waals surface area (Å²) in [5, 5.41) is 2.36. The zero-order valence-electron chi connectivity index (χ0n) is 12.0. The molecule has 0 spiro atoms. The molecule has 1 aromatic heterocycles. The fourth-order valence-electron chi connectivity index (χ4n) is 3.10. The Bertz CT molecular complexity index is 664. The molecule has 1 aromatic carbocycles. The van der Waals surface area contributed by atoms with E-state index in [4.69, 9.17) is 4.52 Å². The SMILES string of the molecule is CN1CC[C@H](c2cc(=O)[nH]o2)C[C@H]1Cc1cccc(F)c1. The number of H-pyrrole nitrogens is 1. The average Bonchev–Trinajstić information content (AvgIpc) is 2.88. The number of benzene rings is 1. The minimum atomic E-state index is -0.195. The average molecular weight is 290 g/mol. The predicted octanol–water partition coefficient (Wildman–Crippen LogP) is 2.53. The van der Waals surface area contributed by atoms with Gasteiger partial charge in [-0.3, -0.25) is 4.79 Å². The van der Waals surface area contributed by atoms with Gasteiger partial charge >= 0.3 is 0 Å². The largest absolute Gasteiger partial charge is 0.383 e. The first-order valence-electron chi connectivity index (χ1n) is 7.25. The van der Waals surface area contributed by atoms with Crippen molar-refractivity contribution in [3.05, 3.63) is 57.8 Å². The number of likely N-dealkylation sites (tertiary alicyclic amines) is 1. The third-order valence-corrected chi connectivity index (χ3v) is 4.32. The van der Waals surface area contributed by atoms with E-state index in [1.54, 1.807) is 12.1 Å². The topological polar surface area (TPSA) is 49.2 Å². The first kappa shape index (κ1) is 14.1. The van der Waals surface area contributed by atoms with Crippen LogP contribution in [0.4, 0.5) is 4.39 Å². The van der Waals surface area contributed by atoms with Crippen molar-refractivity contribution in [1.29, 1.82) is 0 Å². The highest BCUT2D eigenvalue weighted by Crippen LogP contribution is 2.31. The molecule has 2 atom stereocenters. The maximum absolute atomic E-state index is 13.3. The summed E-state index contributed by atoms with van der Waals surface area (Å²) in [4.78, 5) is 13.5. The van der Waals surface area contributed by atoms with Crippen LogP contribution >= 0.6 is 0 Å². The molecule has 4 nitrogen and oxygen atoms in total. The van der Waals surface area contributed by atoms with Gasteiger partial charge in [0.15, 0.2) is 0 Å². The lowest BCUT2D eigenvalue weighted by molar-refractivity contribution is 0.155. The van der Waals surface area contributed by atoms with Crippen LogP contribution in [-0.4, -0.2) is 29.7 Å². The quantitative estimate of drug-likeness (QED) is 0.945. The first-order valence-corrected chi connectivity index (χ1v) is 7.25. The molecule has 0 unspecified atom stereocenters. The van der Waals surface area contributed by atoms with E-state index in [0.717, 1.165) is 37.1 Å². The second-order valence-corrected chi connectivity index (χ2v) is 5.80. The third-order valence-electron chi connectivity index (χ3n) is 4.32. The van der Waals surface area contributed by atoms with Gasteiger partial charge in [0.2, 0.25) is 0 Å². The molecular formula is C16H19FN2O2. The molecule has 1 fully saturated rings. The summed E-state index contributed by atoms with van der Waals surface area (Å²) in [6.07, 6.45) is 2.68. The highest BCUT2D eigenvalue weighted by Gasteiger charge is 2.29. The van der Waals surface area contributed by atoms with Crippen LogP contribution in [0.5, 0.6) is 0 Å². The Hall–Kier alpha value is -1.88. The van der Waals surface area contributed by atoms with Crippen molar-refractivity contribution in [3.63, 3.8) is 0 Å². The molecule has 112 valence electrons. The third kappa shape index (κ3) is 3.24. The van der Waals surface area contributed by atoms with Crippen molar-refractivity contribution < 1.29 is 8.91 Å². The molecule has 2 aromatic rings. The summed E-state index contributed by atoms with van der Waals surface area (Å²) < 4.78 is 18.5. The minimum Gasteiger partial charge on any atom is -0.383 e. The number of piperidine rings is 1. The van der Waals surface area contributed by atoms with Crippen LogP contribution in [0.3, 0.4) is 0 Å². The Morgan fingerprint density at radius 1 is 1.43 bits per heavy atom. The van der Waals surface area contributed by atoms with Gasteiger partial charge in [0.05, 0.1) is 0 Å². The summed E-state index contributed by atoms with van der Waals surface area (Å²) in [5.74, 6) is 0.787. The van der Waals surface area contributed by atoms with Crippen molar-refractivity contribution in [1.82, 2.24) is 10.1 Å². The lowest BCUT2D eigenvalue weighted by Gasteiger charge is -2.36. The molecule has 3 rings (SSSR count). The molecule has 0 aliphatic carbocycles. The number of aromatic amines is 1. The molecular weight excluding hydrogens is 271 g/mol. The minimum absolute atomic E-state index is 0.189. The summed E-state index contributed by atoms with van der Waals surface area (Å²) >= 11 is 0. The van der Waals surface area contributed by atoms with E-state index in [-0.39, 0.29) is 17.3 Å². The number of nitrogens with zero attached hydrogens (tertiary/aromatic N) is 1. The van der Waals surface area contributed by atoms with E-state index in [1.165, 1.54) is 12.1 Å². The summed E-state index contributed by atoms with van der Waals surface area (Å²) in [5.41, 5.74) is 0.814. The lowest BCUT2D eigenvalue weighted by atomic mass is 9.86. The van der Waals surface area contributed by atoms with Crippen molar-refractivity contribution in [2.45, 2.75) is 31.2 Å². The Morgan fingerprint density at radius 3 is 3.00 bits per heavy atom. The zero-order valence-corrected chi connectivity index (χ0v) is 12.0. The second kappa shape index (κ2) is 5.85. The van der Waals surface area contributed by atoms with E-state index in [9.17, 15) is 9.18 Å². The van der Waals surface area contributed by atoms with E-state index in [0.29, 0.717) is 6.04 Å². The Kier molecular flexibility index (Phi) is 3.92. The Morgan fingerprint density at radius 2 is 2.29 bits per heavy atom. The predicted molar refractivity (Wildman–Crippen MR) is 77.8 cm³/mol. The number of nitrogens with one attached hydrogen (secondary N) is 1. The van der Waals surface area contributed by atoms with Crippen LogP contribution in [0, 0.1) is 5.82 Å². The van der Waals surface area contributed by atoms with Gasteiger partial charge in [0.25, 0.3) is 5.56 Å². The van der Waals surface area contributed by atoms with E-state index >= 15 is 0 Å². The number of halogens is 1. The maximum atomic E-state index is 13.3.